The Morgan fingerprint density at radius 1 is 1.73 bits per heavy atom. The molecule has 0 aliphatic rings. The predicted octanol–water partition coefficient (Wildman–Crippen LogP) is 2.22. The number of nitrogens with two attached hydrogens (primary N) is 1. The molecule has 1 aromatic heterocycles. The molecule has 0 saturated heterocycles. The van der Waals surface area contributed by atoms with Crippen LogP contribution < -0.4 is 11.1 Å². The van der Waals surface area contributed by atoms with Crippen molar-refractivity contribution in [3.8, 4) is 0 Å². The molecule has 3 N–H and O–H groups in total. The molecule has 0 aliphatic carbocycles. The SMILES string of the molecule is CC(C)C[C@H](N)C(=O)Nc1ncc(Br)s1. The van der Waals surface area contributed by atoms with Gasteiger partial charge in [0.05, 0.1) is 16.0 Å². The molecule has 84 valence electrons. The first-order chi connectivity index (χ1) is 6.99. The first-order valence-electron chi connectivity index (χ1n) is 4.67. The summed E-state index contributed by atoms with van der Waals surface area (Å²) in [7, 11) is 0. The lowest BCUT2D eigenvalue weighted by atomic mass is 10.0. The number of carbonyl (C=O) groups is 1. The van der Waals surface area contributed by atoms with E-state index < -0.39 is 6.04 Å². The van der Waals surface area contributed by atoms with Crippen molar-refractivity contribution in [2.24, 2.45) is 11.7 Å². The number of halogens is 1. The molecule has 0 fully saturated rings. The lowest BCUT2D eigenvalue weighted by molar-refractivity contribution is -0.117. The molecule has 4 nitrogen and oxygen atoms in total. The third kappa shape index (κ3) is 4.27. The van der Waals surface area contributed by atoms with Crippen LogP contribution in [0.1, 0.15) is 20.3 Å². The van der Waals surface area contributed by atoms with E-state index in [1.807, 2.05) is 13.8 Å². The van der Waals surface area contributed by atoms with Crippen LogP contribution >= 0.6 is 27.3 Å². The molecule has 0 radical (unpaired) electrons. The van der Waals surface area contributed by atoms with Crippen LogP contribution in [0.5, 0.6) is 0 Å². The van der Waals surface area contributed by atoms with Gasteiger partial charge in [0.2, 0.25) is 5.91 Å². The number of rotatable bonds is 4. The Kier molecular flexibility index (Phi) is 4.69. The lowest BCUT2D eigenvalue weighted by Crippen LogP contribution is -2.36. The molecule has 1 amide bonds. The maximum Gasteiger partial charge on any atom is 0.243 e. The van der Waals surface area contributed by atoms with Crippen molar-refractivity contribution < 1.29 is 4.79 Å². The molecular weight excluding hydrogens is 278 g/mol. The van der Waals surface area contributed by atoms with Crippen molar-refractivity contribution in [3.63, 3.8) is 0 Å². The van der Waals surface area contributed by atoms with Crippen LogP contribution in [0.3, 0.4) is 0 Å². The van der Waals surface area contributed by atoms with E-state index in [-0.39, 0.29) is 5.91 Å². The molecule has 0 aliphatic heterocycles. The summed E-state index contributed by atoms with van der Waals surface area (Å²) in [6.45, 7) is 4.07. The van der Waals surface area contributed by atoms with Crippen molar-refractivity contribution in [3.05, 3.63) is 9.98 Å². The van der Waals surface area contributed by atoms with Crippen LogP contribution in [0.4, 0.5) is 5.13 Å². The molecular formula is C9H14BrN3OS. The Labute approximate surface area is 101 Å². The normalized spacial score (nSPS) is 12.9. The van der Waals surface area contributed by atoms with Gasteiger partial charge in [-0.2, -0.15) is 0 Å². The minimum Gasteiger partial charge on any atom is -0.320 e. The van der Waals surface area contributed by atoms with Gasteiger partial charge >= 0.3 is 0 Å². The van der Waals surface area contributed by atoms with E-state index >= 15 is 0 Å². The average molecular weight is 292 g/mol. The van der Waals surface area contributed by atoms with Crippen molar-refractivity contribution in [1.29, 1.82) is 0 Å². The third-order valence-electron chi connectivity index (χ3n) is 1.77. The Morgan fingerprint density at radius 2 is 2.40 bits per heavy atom. The number of hydrogen-bond donors (Lipinski definition) is 2. The standard InChI is InChI=1S/C9H14BrN3OS/c1-5(2)3-6(11)8(14)13-9-12-4-7(10)15-9/h4-6H,3,11H2,1-2H3,(H,12,13,14)/t6-/m0/s1. The molecule has 15 heavy (non-hydrogen) atoms. The van der Waals surface area contributed by atoms with Crippen LogP contribution in [-0.4, -0.2) is 16.9 Å². The maximum absolute atomic E-state index is 11.6. The van der Waals surface area contributed by atoms with Gasteiger partial charge in [-0.1, -0.05) is 25.2 Å². The molecule has 0 aromatic carbocycles. The van der Waals surface area contributed by atoms with Gasteiger partial charge in [-0.25, -0.2) is 4.98 Å². The molecule has 1 heterocycles. The number of nitrogens with zero attached hydrogens (tertiary/aromatic N) is 1. The van der Waals surface area contributed by atoms with Crippen LogP contribution in [0, 0.1) is 5.92 Å². The van der Waals surface area contributed by atoms with Gasteiger partial charge < -0.3 is 11.1 Å². The summed E-state index contributed by atoms with van der Waals surface area (Å²) in [6, 6.07) is -0.465. The van der Waals surface area contributed by atoms with E-state index in [0.717, 1.165) is 3.79 Å². The quantitative estimate of drug-likeness (QED) is 0.894. The van der Waals surface area contributed by atoms with Crippen LogP contribution in [0.25, 0.3) is 0 Å². The minimum absolute atomic E-state index is 0.175. The van der Waals surface area contributed by atoms with E-state index in [9.17, 15) is 4.79 Å². The summed E-state index contributed by atoms with van der Waals surface area (Å²) in [4.78, 5) is 15.6. The average Bonchev–Trinajstić information content (AvgIpc) is 2.50. The van der Waals surface area contributed by atoms with Crippen molar-refractivity contribution >= 4 is 38.3 Å². The maximum atomic E-state index is 11.6. The fourth-order valence-electron chi connectivity index (χ4n) is 1.13. The smallest absolute Gasteiger partial charge is 0.243 e. The summed E-state index contributed by atoms with van der Waals surface area (Å²) in [5.41, 5.74) is 5.73. The number of thiazole rings is 1. The third-order valence-corrected chi connectivity index (χ3v) is 3.16. The monoisotopic (exact) mass is 291 g/mol. The number of nitrogens with one attached hydrogen (secondary N) is 1. The number of carbonyl (C=O) groups excluding carboxylic acids is 1. The minimum atomic E-state index is -0.465. The fraction of sp³-hybridized carbons (Fsp3) is 0.556. The number of amides is 1. The van der Waals surface area contributed by atoms with E-state index in [1.54, 1.807) is 6.20 Å². The lowest BCUT2D eigenvalue weighted by Gasteiger charge is -2.12. The highest BCUT2D eigenvalue weighted by atomic mass is 79.9. The number of anilines is 1. The first-order valence-corrected chi connectivity index (χ1v) is 6.27. The second-order valence-corrected chi connectivity index (χ2v) is 6.10. The van der Waals surface area contributed by atoms with Gasteiger partial charge in [-0.05, 0) is 28.3 Å². The first kappa shape index (κ1) is 12.6. The highest BCUT2D eigenvalue weighted by molar-refractivity contribution is 9.11. The Bertz CT molecular complexity index is 340. The van der Waals surface area contributed by atoms with Crippen molar-refractivity contribution in [2.75, 3.05) is 5.32 Å². The van der Waals surface area contributed by atoms with Crippen molar-refractivity contribution in [1.82, 2.24) is 4.98 Å². The number of hydrogen-bond acceptors (Lipinski definition) is 4. The Hall–Kier alpha value is -0.460. The predicted molar refractivity (Wildman–Crippen MR) is 65.9 cm³/mol. The molecule has 6 heteroatoms. The summed E-state index contributed by atoms with van der Waals surface area (Å²) in [6.07, 6.45) is 2.33. The van der Waals surface area contributed by atoms with E-state index in [2.05, 4.69) is 26.2 Å². The highest BCUT2D eigenvalue weighted by Crippen LogP contribution is 2.23. The largest absolute Gasteiger partial charge is 0.320 e. The zero-order valence-corrected chi connectivity index (χ0v) is 11.1. The van der Waals surface area contributed by atoms with Gasteiger partial charge in [-0.3, -0.25) is 4.79 Å². The topological polar surface area (TPSA) is 68.0 Å². The van der Waals surface area contributed by atoms with Crippen molar-refractivity contribution in [2.45, 2.75) is 26.3 Å². The second-order valence-electron chi connectivity index (χ2n) is 3.69. The van der Waals surface area contributed by atoms with Crippen LogP contribution in [0.2, 0.25) is 0 Å². The van der Waals surface area contributed by atoms with Gasteiger partial charge in [-0.15, -0.1) is 0 Å². The van der Waals surface area contributed by atoms with Gasteiger partial charge in [0, 0.05) is 0 Å². The zero-order chi connectivity index (χ0) is 11.4. The van der Waals surface area contributed by atoms with E-state index in [1.165, 1.54) is 11.3 Å². The summed E-state index contributed by atoms with van der Waals surface area (Å²) >= 11 is 4.64. The highest BCUT2D eigenvalue weighted by Gasteiger charge is 2.16. The van der Waals surface area contributed by atoms with Gasteiger partial charge in [0.25, 0.3) is 0 Å². The van der Waals surface area contributed by atoms with E-state index in [4.69, 9.17) is 5.73 Å². The van der Waals surface area contributed by atoms with Crippen LogP contribution in [-0.2, 0) is 4.79 Å². The van der Waals surface area contributed by atoms with Gasteiger partial charge in [0.15, 0.2) is 5.13 Å². The molecule has 0 saturated carbocycles. The summed E-state index contributed by atoms with van der Waals surface area (Å²) < 4.78 is 0.884. The molecule has 0 bridgehead atoms. The molecule has 0 spiro atoms. The molecule has 1 atom stereocenters. The fourth-order valence-corrected chi connectivity index (χ4v) is 2.23. The number of aromatic nitrogens is 1. The molecule has 1 aromatic rings. The molecule has 1 rings (SSSR count). The summed E-state index contributed by atoms with van der Waals surface area (Å²) in [5.74, 6) is 0.235. The van der Waals surface area contributed by atoms with Crippen LogP contribution in [0.15, 0.2) is 9.98 Å². The van der Waals surface area contributed by atoms with E-state index in [0.29, 0.717) is 17.5 Å². The Morgan fingerprint density at radius 3 is 2.87 bits per heavy atom. The Balaban J connectivity index is 2.48. The second kappa shape index (κ2) is 5.58. The zero-order valence-electron chi connectivity index (χ0n) is 8.66. The summed E-state index contributed by atoms with van der Waals surface area (Å²) in [5, 5.41) is 3.26. The van der Waals surface area contributed by atoms with Gasteiger partial charge in [0.1, 0.15) is 0 Å². The molecule has 0 unspecified atom stereocenters.